The van der Waals surface area contributed by atoms with Gasteiger partial charge in [-0.05, 0) is 60.7 Å². The summed E-state index contributed by atoms with van der Waals surface area (Å²) >= 11 is 1.23. The van der Waals surface area contributed by atoms with Gasteiger partial charge in [-0.3, -0.25) is 9.36 Å². The molecule has 0 amide bonds. The Labute approximate surface area is 248 Å². The third kappa shape index (κ3) is 6.65. The Morgan fingerprint density at radius 3 is 2.45 bits per heavy atom. The second-order valence-electron chi connectivity index (χ2n) is 10.3. The van der Waals surface area contributed by atoms with Gasteiger partial charge in [0.2, 0.25) is 0 Å². The van der Waals surface area contributed by atoms with Crippen LogP contribution in [0.15, 0.2) is 63.5 Å². The van der Waals surface area contributed by atoms with Gasteiger partial charge in [-0.15, -0.1) is 0 Å². The van der Waals surface area contributed by atoms with Crippen molar-refractivity contribution in [3.05, 3.63) is 90.1 Å². The predicted octanol–water partition coefficient (Wildman–Crippen LogP) is 4.41. The molecule has 1 aliphatic rings. The van der Waals surface area contributed by atoms with Crippen molar-refractivity contribution in [1.29, 1.82) is 0 Å². The van der Waals surface area contributed by atoms with Gasteiger partial charge in [0.1, 0.15) is 0 Å². The molecule has 2 heterocycles. The van der Waals surface area contributed by atoms with Crippen LogP contribution < -0.4 is 24.4 Å². The molecule has 9 nitrogen and oxygen atoms in total. The van der Waals surface area contributed by atoms with E-state index in [0.29, 0.717) is 44.3 Å². The van der Waals surface area contributed by atoms with Crippen LogP contribution in [-0.4, -0.2) is 43.9 Å². The Morgan fingerprint density at radius 2 is 1.81 bits per heavy atom. The molecule has 0 spiro atoms. The normalized spacial score (nSPS) is 14.8. The molecule has 0 bridgehead atoms. The van der Waals surface area contributed by atoms with Crippen LogP contribution in [0.3, 0.4) is 0 Å². The summed E-state index contributed by atoms with van der Waals surface area (Å²) in [6, 6.07) is 11.4. The van der Waals surface area contributed by atoms with Crippen LogP contribution in [-0.2, 0) is 14.3 Å². The van der Waals surface area contributed by atoms with E-state index in [1.54, 1.807) is 44.4 Å². The molecule has 2 aromatic carbocycles. The second kappa shape index (κ2) is 13.7. The molecule has 1 atom stereocenters. The SMILES string of the molecule is CCCCOc1ccc(C=c2sc3n(c2=O)C(c2ccc(C(=O)OC)cc2)C(C(=O)OCC(C)C)=C(C)N=3)cc1OC. The molecule has 0 N–H and O–H groups in total. The number of methoxy groups -OCH3 is 2. The van der Waals surface area contributed by atoms with Gasteiger partial charge in [0.05, 0.1) is 54.8 Å². The molecule has 222 valence electrons. The monoisotopic (exact) mass is 592 g/mol. The van der Waals surface area contributed by atoms with Crippen molar-refractivity contribution in [2.75, 3.05) is 27.4 Å². The van der Waals surface area contributed by atoms with Gasteiger partial charge in [-0.2, -0.15) is 0 Å². The molecule has 0 saturated carbocycles. The number of thiazole rings is 1. The smallest absolute Gasteiger partial charge is 0.338 e. The Bertz CT molecular complexity index is 1670. The number of carbonyl (C=O) groups is 2. The molecule has 3 aromatic rings. The first-order valence-electron chi connectivity index (χ1n) is 13.9. The Balaban J connectivity index is 1.82. The molecule has 0 fully saturated rings. The first kappa shape index (κ1) is 30.8. The molecule has 10 heteroatoms. The lowest BCUT2D eigenvalue weighted by molar-refractivity contribution is -0.140. The highest BCUT2D eigenvalue weighted by atomic mass is 32.1. The van der Waals surface area contributed by atoms with Gasteiger partial charge >= 0.3 is 11.9 Å². The lowest BCUT2D eigenvalue weighted by atomic mass is 9.95. The lowest BCUT2D eigenvalue weighted by Crippen LogP contribution is -2.40. The van der Waals surface area contributed by atoms with E-state index in [1.165, 1.54) is 23.0 Å². The number of ether oxygens (including phenoxy) is 4. The highest BCUT2D eigenvalue weighted by molar-refractivity contribution is 7.07. The van der Waals surface area contributed by atoms with Crippen LogP contribution in [0.4, 0.5) is 0 Å². The summed E-state index contributed by atoms with van der Waals surface area (Å²) < 4.78 is 23.8. The van der Waals surface area contributed by atoms with Crippen molar-refractivity contribution >= 4 is 29.4 Å². The van der Waals surface area contributed by atoms with Crippen LogP contribution in [0.1, 0.15) is 68.1 Å². The number of allylic oxidation sites excluding steroid dienone is 1. The van der Waals surface area contributed by atoms with Gasteiger partial charge in [0.15, 0.2) is 16.3 Å². The number of nitrogens with zero attached hydrogens (tertiary/aromatic N) is 2. The molecule has 0 aliphatic carbocycles. The molecule has 0 saturated heterocycles. The number of hydrogen-bond acceptors (Lipinski definition) is 9. The topological polar surface area (TPSA) is 105 Å². The highest BCUT2D eigenvalue weighted by Crippen LogP contribution is 2.31. The van der Waals surface area contributed by atoms with Crippen LogP contribution in [0, 0.1) is 5.92 Å². The highest BCUT2D eigenvalue weighted by Gasteiger charge is 2.33. The lowest BCUT2D eigenvalue weighted by Gasteiger charge is -2.25. The number of unbranched alkanes of at least 4 members (excludes halogenated alkanes) is 1. The minimum Gasteiger partial charge on any atom is -0.493 e. The second-order valence-corrected chi connectivity index (χ2v) is 11.3. The number of esters is 2. The molecular weight excluding hydrogens is 556 g/mol. The van der Waals surface area contributed by atoms with Gasteiger partial charge < -0.3 is 18.9 Å². The summed E-state index contributed by atoms with van der Waals surface area (Å²) in [6.45, 7) is 8.55. The van der Waals surface area contributed by atoms with Crippen molar-refractivity contribution in [2.24, 2.45) is 10.9 Å². The standard InChI is InChI=1S/C32H36N2O7S/c1-7-8-15-40-24-14-9-21(16-25(24)38-5)17-26-29(35)34-28(22-10-12-23(13-11-22)30(36)39-6)27(20(4)33-32(34)42-26)31(37)41-18-19(2)3/h9-14,16-17,19,28H,7-8,15,18H2,1-6H3. The summed E-state index contributed by atoms with van der Waals surface area (Å²) in [6.07, 6.45) is 3.73. The van der Waals surface area contributed by atoms with E-state index in [-0.39, 0.29) is 23.7 Å². The zero-order valence-electron chi connectivity index (χ0n) is 24.8. The van der Waals surface area contributed by atoms with Crippen LogP contribution in [0.5, 0.6) is 11.5 Å². The van der Waals surface area contributed by atoms with E-state index >= 15 is 0 Å². The Kier molecular flexibility index (Phi) is 10.0. The van der Waals surface area contributed by atoms with Gasteiger partial charge in [0.25, 0.3) is 5.56 Å². The van der Waals surface area contributed by atoms with Crippen LogP contribution in [0.2, 0.25) is 0 Å². The maximum atomic E-state index is 13.9. The van der Waals surface area contributed by atoms with E-state index in [2.05, 4.69) is 11.9 Å². The zero-order valence-corrected chi connectivity index (χ0v) is 25.6. The molecular formula is C32H36N2O7S. The number of hydrogen-bond donors (Lipinski definition) is 0. The van der Waals surface area contributed by atoms with Crippen molar-refractivity contribution < 1.29 is 28.5 Å². The molecule has 1 aromatic heterocycles. The van der Waals surface area contributed by atoms with Crippen molar-refractivity contribution in [1.82, 2.24) is 4.57 Å². The van der Waals surface area contributed by atoms with E-state index in [1.807, 2.05) is 32.0 Å². The number of rotatable bonds is 11. The first-order chi connectivity index (χ1) is 20.2. The minimum atomic E-state index is -0.793. The average Bonchev–Trinajstić information content (AvgIpc) is 3.29. The van der Waals surface area contributed by atoms with E-state index < -0.39 is 18.0 Å². The predicted molar refractivity (Wildman–Crippen MR) is 161 cm³/mol. The quantitative estimate of drug-likeness (QED) is 0.240. The summed E-state index contributed by atoms with van der Waals surface area (Å²) in [7, 11) is 2.89. The Morgan fingerprint density at radius 1 is 1.07 bits per heavy atom. The molecule has 1 aliphatic heterocycles. The maximum Gasteiger partial charge on any atom is 0.338 e. The number of fused-ring (bicyclic) bond motifs is 1. The van der Waals surface area contributed by atoms with E-state index in [4.69, 9.17) is 18.9 Å². The average molecular weight is 593 g/mol. The zero-order chi connectivity index (χ0) is 30.4. The van der Waals surface area contributed by atoms with Crippen molar-refractivity contribution in [2.45, 2.75) is 46.6 Å². The first-order valence-corrected chi connectivity index (χ1v) is 14.7. The minimum absolute atomic E-state index is 0.134. The van der Waals surface area contributed by atoms with Crippen LogP contribution in [0.25, 0.3) is 6.08 Å². The van der Waals surface area contributed by atoms with E-state index in [0.717, 1.165) is 18.4 Å². The fourth-order valence-corrected chi connectivity index (χ4v) is 5.56. The molecule has 42 heavy (non-hydrogen) atoms. The number of benzene rings is 2. The maximum absolute atomic E-state index is 13.9. The third-order valence-electron chi connectivity index (χ3n) is 6.68. The largest absolute Gasteiger partial charge is 0.493 e. The van der Waals surface area contributed by atoms with E-state index in [9.17, 15) is 14.4 Å². The van der Waals surface area contributed by atoms with Crippen molar-refractivity contribution in [3.8, 4) is 11.5 Å². The van der Waals surface area contributed by atoms with Gasteiger partial charge in [-0.25, -0.2) is 14.6 Å². The summed E-state index contributed by atoms with van der Waals surface area (Å²) in [4.78, 5) is 44.5. The molecule has 4 rings (SSSR count). The fourth-order valence-electron chi connectivity index (χ4n) is 4.51. The third-order valence-corrected chi connectivity index (χ3v) is 7.66. The summed E-state index contributed by atoms with van der Waals surface area (Å²) in [5.41, 5.74) is 2.19. The molecule has 0 radical (unpaired) electrons. The summed E-state index contributed by atoms with van der Waals surface area (Å²) in [5, 5.41) is 0. The number of aromatic nitrogens is 1. The fraction of sp³-hybridized carbons (Fsp3) is 0.375. The summed E-state index contributed by atoms with van der Waals surface area (Å²) in [5.74, 6) is 0.326. The van der Waals surface area contributed by atoms with Crippen LogP contribution >= 0.6 is 11.3 Å². The van der Waals surface area contributed by atoms with Gasteiger partial charge in [0, 0.05) is 0 Å². The molecule has 1 unspecified atom stereocenters. The number of carbonyl (C=O) groups excluding carboxylic acids is 2. The van der Waals surface area contributed by atoms with Crippen molar-refractivity contribution in [3.63, 3.8) is 0 Å². The Hall–Kier alpha value is -4.18. The van der Waals surface area contributed by atoms with Gasteiger partial charge in [-0.1, -0.05) is 56.7 Å².